The summed E-state index contributed by atoms with van der Waals surface area (Å²) in [6.07, 6.45) is 1.05. The summed E-state index contributed by atoms with van der Waals surface area (Å²) in [6, 6.07) is 0. The average molecular weight is 195 g/mol. The van der Waals surface area contributed by atoms with Crippen molar-refractivity contribution in [3.8, 4) is 0 Å². The maximum atomic E-state index is 11.7. The number of hydrogen-bond acceptors (Lipinski definition) is 4. The Morgan fingerprint density at radius 3 is 3.00 bits per heavy atom. The number of carbonyl (C=O) groups is 1. The molecular weight excluding hydrogens is 182 g/mol. The molecule has 76 valence electrons. The zero-order chi connectivity index (χ0) is 10.1. The first-order valence-electron chi connectivity index (χ1n) is 4.64. The van der Waals surface area contributed by atoms with Crippen molar-refractivity contribution in [1.82, 2.24) is 20.1 Å². The first-order valence-corrected chi connectivity index (χ1v) is 4.64. The molecular formula is C8H13N5O. The van der Waals surface area contributed by atoms with Crippen molar-refractivity contribution in [1.29, 1.82) is 0 Å². The fourth-order valence-corrected chi connectivity index (χ4v) is 1.64. The summed E-state index contributed by atoms with van der Waals surface area (Å²) in [5.41, 5.74) is 5.32. The van der Waals surface area contributed by atoms with E-state index in [1.54, 1.807) is 4.90 Å². The first kappa shape index (κ1) is 8.98. The Morgan fingerprint density at radius 2 is 2.50 bits per heavy atom. The molecule has 3 N–H and O–H groups in total. The Balaban J connectivity index is 2.09. The van der Waals surface area contributed by atoms with E-state index in [-0.39, 0.29) is 17.7 Å². The molecule has 0 bridgehead atoms. The second kappa shape index (κ2) is 3.28. The van der Waals surface area contributed by atoms with Crippen LogP contribution in [-0.4, -0.2) is 39.1 Å². The van der Waals surface area contributed by atoms with Gasteiger partial charge >= 0.3 is 0 Å². The van der Waals surface area contributed by atoms with Crippen molar-refractivity contribution in [2.24, 2.45) is 5.92 Å². The number of nitrogens with zero attached hydrogens (tertiary/aromatic N) is 3. The van der Waals surface area contributed by atoms with Crippen molar-refractivity contribution in [3.63, 3.8) is 0 Å². The maximum Gasteiger partial charge on any atom is 0.291 e. The summed E-state index contributed by atoms with van der Waals surface area (Å²) in [5.74, 6) is 0.801. The molecule has 6 nitrogen and oxygen atoms in total. The maximum absolute atomic E-state index is 11.7. The second-order valence-corrected chi connectivity index (χ2v) is 3.69. The zero-order valence-corrected chi connectivity index (χ0v) is 8.03. The van der Waals surface area contributed by atoms with E-state index in [2.05, 4.69) is 22.1 Å². The number of nitrogens with two attached hydrogens (primary N) is 1. The summed E-state index contributed by atoms with van der Waals surface area (Å²) in [5, 5.41) is 6.14. The number of aromatic nitrogens is 3. The normalized spacial score (nSPS) is 21.5. The fraction of sp³-hybridized carbons (Fsp3) is 0.625. The summed E-state index contributed by atoms with van der Waals surface area (Å²) >= 11 is 0. The van der Waals surface area contributed by atoms with Gasteiger partial charge < -0.3 is 10.6 Å². The third-order valence-corrected chi connectivity index (χ3v) is 2.42. The van der Waals surface area contributed by atoms with E-state index in [9.17, 15) is 4.79 Å². The minimum Gasteiger partial charge on any atom is -0.366 e. The minimum atomic E-state index is -0.112. The number of aromatic amines is 1. The lowest BCUT2D eigenvalue weighted by molar-refractivity contribution is 0.0776. The smallest absolute Gasteiger partial charge is 0.291 e. The number of hydrogen-bond donors (Lipinski definition) is 2. The Bertz CT molecular complexity index is 347. The molecule has 1 atom stereocenters. The predicted octanol–water partition coefficient (Wildman–Crippen LogP) is -0.131. The number of carbonyl (C=O) groups excluding carboxylic acids is 1. The van der Waals surface area contributed by atoms with E-state index < -0.39 is 0 Å². The van der Waals surface area contributed by atoms with Gasteiger partial charge in [0.05, 0.1) is 0 Å². The standard InChI is InChI=1S/C8H13N5O/c1-5-2-3-13(4-5)7(14)6-10-8(9)12-11-6/h5H,2-4H2,1H3,(H3,9,10,11,12)/t5-/m1/s1. The highest BCUT2D eigenvalue weighted by Gasteiger charge is 2.25. The summed E-state index contributed by atoms with van der Waals surface area (Å²) < 4.78 is 0. The van der Waals surface area contributed by atoms with Crippen LogP contribution >= 0.6 is 0 Å². The molecule has 0 unspecified atom stereocenters. The lowest BCUT2D eigenvalue weighted by Gasteiger charge is -2.13. The Kier molecular flexibility index (Phi) is 2.11. The molecule has 14 heavy (non-hydrogen) atoms. The number of anilines is 1. The quantitative estimate of drug-likeness (QED) is 0.653. The molecule has 0 aromatic carbocycles. The first-order chi connectivity index (χ1) is 6.66. The van der Waals surface area contributed by atoms with Crippen LogP contribution in [-0.2, 0) is 0 Å². The lowest BCUT2D eigenvalue weighted by atomic mass is 10.2. The summed E-state index contributed by atoms with van der Waals surface area (Å²) in [4.78, 5) is 17.3. The second-order valence-electron chi connectivity index (χ2n) is 3.69. The number of H-pyrrole nitrogens is 1. The van der Waals surface area contributed by atoms with E-state index in [1.807, 2.05) is 0 Å². The van der Waals surface area contributed by atoms with Crippen molar-refractivity contribution in [3.05, 3.63) is 5.82 Å². The van der Waals surface area contributed by atoms with Crippen molar-refractivity contribution >= 4 is 11.9 Å². The van der Waals surface area contributed by atoms with E-state index in [0.717, 1.165) is 19.5 Å². The number of likely N-dealkylation sites (tertiary alicyclic amines) is 1. The highest BCUT2D eigenvalue weighted by Crippen LogP contribution is 2.16. The highest BCUT2D eigenvalue weighted by atomic mass is 16.2. The molecule has 0 radical (unpaired) electrons. The van der Waals surface area contributed by atoms with Gasteiger partial charge in [-0.3, -0.25) is 9.89 Å². The fourth-order valence-electron chi connectivity index (χ4n) is 1.64. The van der Waals surface area contributed by atoms with Crippen molar-refractivity contribution < 1.29 is 4.79 Å². The van der Waals surface area contributed by atoms with Gasteiger partial charge in [-0.15, -0.1) is 5.10 Å². The summed E-state index contributed by atoms with van der Waals surface area (Å²) in [6.45, 7) is 3.71. The van der Waals surface area contributed by atoms with Gasteiger partial charge in [0.25, 0.3) is 5.91 Å². The Hall–Kier alpha value is -1.59. The van der Waals surface area contributed by atoms with Crippen LogP contribution in [0.1, 0.15) is 24.0 Å². The van der Waals surface area contributed by atoms with E-state index >= 15 is 0 Å². The largest absolute Gasteiger partial charge is 0.366 e. The van der Waals surface area contributed by atoms with Crippen LogP contribution in [0.4, 0.5) is 5.95 Å². The van der Waals surface area contributed by atoms with E-state index in [4.69, 9.17) is 5.73 Å². The van der Waals surface area contributed by atoms with Crippen LogP contribution in [0, 0.1) is 5.92 Å². The van der Waals surface area contributed by atoms with Crippen LogP contribution < -0.4 is 5.73 Å². The van der Waals surface area contributed by atoms with Gasteiger partial charge in [0.2, 0.25) is 11.8 Å². The average Bonchev–Trinajstić information content (AvgIpc) is 2.73. The third-order valence-electron chi connectivity index (χ3n) is 2.42. The number of nitrogens with one attached hydrogen (secondary N) is 1. The van der Waals surface area contributed by atoms with Gasteiger partial charge in [-0.05, 0) is 12.3 Å². The monoisotopic (exact) mass is 195 g/mol. The molecule has 1 aromatic rings. The minimum absolute atomic E-state index is 0.112. The number of nitrogen functional groups attached to an aromatic ring is 1. The molecule has 0 saturated carbocycles. The van der Waals surface area contributed by atoms with Gasteiger partial charge in [-0.2, -0.15) is 4.98 Å². The predicted molar refractivity (Wildman–Crippen MR) is 50.5 cm³/mol. The SMILES string of the molecule is C[C@@H]1CCN(C(=O)c2nc(N)n[nH]2)C1. The number of rotatable bonds is 1. The van der Waals surface area contributed by atoms with E-state index in [0.29, 0.717) is 5.92 Å². The number of amides is 1. The Labute approximate surface area is 81.5 Å². The van der Waals surface area contributed by atoms with Crippen LogP contribution in [0.2, 0.25) is 0 Å². The van der Waals surface area contributed by atoms with Crippen LogP contribution in [0.5, 0.6) is 0 Å². The van der Waals surface area contributed by atoms with Gasteiger partial charge in [0, 0.05) is 13.1 Å². The van der Waals surface area contributed by atoms with Crippen molar-refractivity contribution in [2.45, 2.75) is 13.3 Å². The molecule has 2 rings (SSSR count). The topological polar surface area (TPSA) is 87.9 Å². The molecule has 0 aliphatic carbocycles. The molecule has 1 saturated heterocycles. The Morgan fingerprint density at radius 1 is 1.71 bits per heavy atom. The highest BCUT2D eigenvalue weighted by molar-refractivity contribution is 5.90. The van der Waals surface area contributed by atoms with Gasteiger partial charge in [0.1, 0.15) is 0 Å². The van der Waals surface area contributed by atoms with Crippen LogP contribution in [0.25, 0.3) is 0 Å². The molecule has 1 amide bonds. The van der Waals surface area contributed by atoms with Crippen LogP contribution in [0.3, 0.4) is 0 Å². The molecule has 1 aliphatic heterocycles. The van der Waals surface area contributed by atoms with Gasteiger partial charge in [-0.25, -0.2) is 0 Å². The molecule has 2 heterocycles. The van der Waals surface area contributed by atoms with Gasteiger partial charge in [-0.1, -0.05) is 6.92 Å². The van der Waals surface area contributed by atoms with E-state index in [1.165, 1.54) is 0 Å². The lowest BCUT2D eigenvalue weighted by Crippen LogP contribution is -2.29. The van der Waals surface area contributed by atoms with Crippen molar-refractivity contribution in [2.75, 3.05) is 18.8 Å². The molecule has 1 aromatic heterocycles. The molecule has 1 aliphatic rings. The molecule has 0 spiro atoms. The third kappa shape index (κ3) is 1.55. The molecule has 6 heteroatoms. The zero-order valence-electron chi connectivity index (χ0n) is 8.03. The van der Waals surface area contributed by atoms with Crippen LogP contribution in [0.15, 0.2) is 0 Å². The van der Waals surface area contributed by atoms with Gasteiger partial charge in [0.15, 0.2) is 0 Å². The molecule has 1 fully saturated rings. The summed E-state index contributed by atoms with van der Waals surface area (Å²) in [7, 11) is 0.